The Bertz CT molecular complexity index is 1150. The van der Waals surface area contributed by atoms with Crippen molar-refractivity contribution in [1.29, 1.82) is 0 Å². The Balaban J connectivity index is 1.72. The van der Waals surface area contributed by atoms with E-state index in [-0.39, 0.29) is 11.3 Å². The van der Waals surface area contributed by atoms with Crippen molar-refractivity contribution in [3.63, 3.8) is 0 Å². The van der Waals surface area contributed by atoms with E-state index in [1.54, 1.807) is 18.2 Å². The number of rotatable bonds is 7. The van der Waals surface area contributed by atoms with Gasteiger partial charge in [-0.05, 0) is 55.2 Å². The van der Waals surface area contributed by atoms with Crippen molar-refractivity contribution in [2.24, 2.45) is 4.99 Å². The molecule has 0 aliphatic rings. The zero-order chi connectivity index (χ0) is 21.8. The van der Waals surface area contributed by atoms with Gasteiger partial charge in [-0.3, -0.25) is 4.99 Å². The third-order valence-electron chi connectivity index (χ3n) is 4.99. The second-order valence-electron chi connectivity index (χ2n) is 7.25. The van der Waals surface area contributed by atoms with Crippen LogP contribution in [0.5, 0.6) is 5.75 Å². The van der Waals surface area contributed by atoms with E-state index in [0.29, 0.717) is 23.4 Å². The van der Waals surface area contributed by atoms with E-state index in [1.807, 2.05) is 24.4 Å². The van der Waals surface area contributed by atoms with Gasteiger partial charge in [-0.2, -0.15) is 0 Å². The molecule has 0 atom stereocenters. The molecule has 6 heteroatoms. The second-order valence-corrected chi connectivity index (χ2v) is 8.71. The zero-order valence-electron chi connectivity index (χ0n) is 17.1. The third-order valence-corrected chi connectivity index (χ3v) is 6.28. The van der Waals surface area contributed by atoms with Gasteiger partial charge in [-0.1, -0.05) is 42.5 Å². The summed E-state index contributed by atoms with van der Waals surface area (Å²) >= 11 is 6.93. The molecule has 0 aliphatic carbocycles. The van der Waals surface area contributed by atoms with Crippen LogP contribution in [0.3, 0.4) is 0 Å². The summed E-state index contributed by atoms with van der Waals surface area (Å²) in [7, 11) is 0. The number of carboxylic acid groups (broad SMARTS) is 1. The summed E-state index contributed by atoms with van der Waals surface area (Å²) in [4.78, 5) is 17.2. The van der Waals surface area contributed by atoms with E-state index in [9.17, 15) is 9.90 Å². The topological polar surface area (TPSA) is 69.9 Å². The maximum Gasteiger partial charge on any atom is 0.335 e. The number of thiocarbonyl (C=S) groups is 1. The molecular weight excluding hydrogens is 414 g/mol. The highest BCUT2D eigenvalue weighted by Gasteiger charge is 2.15. The van der Waals surface area contributed by atoms with Gasteiger partial charge < -0.3 is 10.2 Å². The predicted octanol–water partition coefficient (Wildman–Crippen LogP) is 5.86. The number of hydrogen-bond donors (Lipinski definition) is 2. The molecule has 0 amide bonds. The van der Waals surface area contributed by atoms with Crippen molar-refractivity contribution in [3.05, 3.63) is 75.7 Å². The highest BCUT2D eigenvalue weighted by Crippen LogP contribution is 2.39. The van der Waals surface area contributed by atoms with Crippen LogP contribution in [-0.2, 0) is 6.42 Å². The van der Waals surface area contributed by atoms with E-state index in [1.165, 1.54) is 22.5 Å². The van der Waals surface area contributed by atoms with Crippen LogP contribution in [0.1, 0.15) is 39.5 Å². The minimum atomic E-state index is -0.954. The Morgan fingerprint density at radius 1 is 1.13 bits per heavy atom. The van der Waals surface area contributed by atoms with Gasteiger partial charge in [0.1, 0.15) is 5.75 Å². The number of carboxylic acids is 1. The molecule has 3 rings (SSSR count). The number of nitrogens with zero attached hydrogens (tertiary/aromatic N) is 1. The number of carbonyl (C=O) groups is 1. The molecule has 0 aliphatic heterocycles. The first kappa shape index (κ1) is 21.9. The Morgan fingerprint density at radius 3 is 2.60 bits per heavy atom. The van der Waals surface area contributed by atoms with Crippen LogP contribution >= 0.6 is 23.6 Å². The Kier molecular flexibility index (Phi) is 6.80. The summed E-state index contributed by atoms with van der Waals surface area (Å²) in [6.07, 6.45) is 0.483. The van der Waals surface area contributed by atoms with Gasteiger partial charge in [-0.25, -0.2) is 4.79 Å². The normalized spacial score (nSPS) is 11.5. The molecule has 0 fully saturated rings. The molecule has 154 valence electrons. The fraction of sp³-hybridized carbons (Fsp3) is 0.208. The molecule has 2 N–H and O–H groups in total. The lowest BCUT2D eigenvalue weighted by molar-refractivity contribution is 0.0696. The maximum absolute atomic E-state index is 11.1. The molecule has 0 saturated carbocycles. The van der Waals surface area contributed by atoms with Crippen molar-refractivity contribution in [2.45, 2.75) is 27.2 Å². The number of aryl methyl sites for hydroxylation is 2. The first-order chi connectivity index (χ1) is 14.3. The fourth-order valence-corrected chi connectivity index (χ4v) is 4.32. The summed E-state index contributed by atoms with van der Waals surface area (Å²) in [6.45, 7) is 6.33. The third kappa shape index (κ3) is 5.01. The van der Waals surface area contributed by atoms with Crippen LogP contribution in [0, 0.1) is 13.8 Å². The average molecular weight is 438 g/mol. The number of aromatic hydroxyl groups is 1. The molecule has 0 saturated heterocycles. The molecule has 2 aromatic carbocycles. The Morgan fingerprint density at radius 2 is 1.90 bits per heavy atom. The van der Waals surface area contributed by atoms with Crippen molar-refractivity contribution < 1.29 is 15.0 Å². The number of thiophene rings is 1. The minimum Gasteiger partial charge on any atom is -0.506 e. The molecule has 1 aromatic heterocycles. The van der Waals surface area contributed by atoms with Crippen LogP contribution in [0.4, 0.5) is 0 Å². The first-order valence-electron chi connectivity index (χ1n) is 9.49. The highest BCUT2D eigenvalue weighted by atomic mass is 32.1. The molecule has 3 aromatic rings. The largest absolute Gasteiger partial charge is 0.506 e. The molecule has 0 spiro atoms. The summed E-state index contributed by atoms with van der Waals surface area (Å²) in [5.41, 5.74) is 5.93. The van der Waals surface area contributed by atoms with Gasteiger partial charge in [0.05, 0.1) is 17.0 Å². The average Bonchev–Trinajstić information content (AvgIpc) is 3.10. The molecule has 0 bridgehead atoms. The van der Waals surface area contributed by atoms with Crippen molar-refractivity contribution >= 4 is 40.1 Å². The lowest BCUT2D eigenvalue weighted by Gasteiger charge is -2.06. The zero-order valence-corrected chi connectivity index (χ0v) is 18.7. The van der Waals surface area contributed by atoms with E-state index >= 15 is 0 Å². The summed E-state index contributed by atoms with van der Waals surface area (Å²) < 4.78 is 0. The summed E-state index contributed by atoms with van der Waals surface area (Å²) in [5, 5.41) is 21.8. The summed E-state index contributed by atoms with van der Waals surface area (Å²) in [5.74, 6) is -0.714. The van der Waals surface area contributed by atoms with Crippen LogP contribution < -0.4 is 0 Å². The highest BCUT2D eigenvalue weighted by molar-refractivity contribution is 7.80. The van der Waals surface area contributed by atoms with Crippen molar-refractivity contribution in [1.82, 2.24) is 0 Å². The molecule has 4 nitrogen and oxygen atoms in total. The fourth-order valence-electron chi connectivity index (χ4n) is 3.09. The van der Waals surface area contributed by atoms with Gasteiger partial charge >= 0.3 is 5.97 Å². The predicted molar refractivity (Wildman–Crippen MR) is 128 cm³/mol. The van der Waals surface area contributed by atoms with Gasteiger partial charge in [0.15, 0.2) is 0 Å². The molecule has 0 radical (unpaired) electrons. The Hall–Kier alpha value is -2.83. The maximum atomic E-state index is 11.1. The van der Waals surface area contributed by atoms with Gasteiger partial charge in [-0.15, -0.1) is 11.3 Å². The number of benzene rings is 2. The SMILES string of the molecule is CC(=NCC(=S)Cc1cccc(C(=O)O)c1)c1csc(-c2ccc(C)c(C)c2)c1O. The van der Waals surface area contributed by atoms with Crippen LogP contribution in [-0.4, -0.2) is 33.3 Å². The number of aromatic carboxylic acids is 1. The number of aliphatic imine (C=N–C) groups is 1. The van der Waals surface area contributed by atoms with Crippen LogP contribution in [0.15, 0.2) is 52.8 Å². The number of hydrogen-bond acceptors (Lipinski definition) is 5. The second kappa shape index (κ2) is 9.32. The lowest BCUT2D eigenvalue weighted by atomic mass is 10.0. The van der Waals surface area contributed by atoms with E-state index in [4.69, 9.17) is 17.3 Å². The van der Waals surface area contributed by atoms with Crippen molar-refractivity contribution in [3.8, 4) is 16.2 Å². The minimum absolute atomic E-state index is 0.240. The van der Waals surface area contributed by atoms with Crippen LogP contribution in [0.25, 0.3) is 10.4 Å². The van der Waals surface area contributed by atoms with Crippen molar-refractivity contribution in [2.75, 3.05) is 6.54 Å². The molecule has 1 heterocycles. The van der Waals surface area contributed by atoms with Gasteiger partial charge in [0, 0.05) is 27.9 Å². The standard InChI is InChI=1S/C24H23NO3S2/c1-14-7-8-18(9-15(14)2)23-22(26)21(13-30-23)16(3)25-12-20(29)11-17-5-4-6-19(10-17)24(27)28/h4-10,13,26H,11-12H2,1-3H3,(H,27,28). The smallest absolute Gasteiger partial charge is 0.335 e. The molecule has 30 heavy (non-hydrogen) atoms. The van der Waals surface area contributed by atoms with Gasteiger partial charge in [0.2, 0.25) is 0 Å². The van der Waals surface area contributed by atoms with E-state index in [0.717, 1.165) is 21.7 Å². The monoisotopic (exact) mass is 437 g/mol. The quantitative estimate of drug-likeness (QED) is 0.359. The Labute approximate surface area is 185 Å². The lowest BCUT2D eigenvalue weighted by Crippen LogP contribution is -2.07. The molecule has 0 unspecified atom stereocenters. The first-order valence-corrected chi connectivity index (χ1v) is 10.8. The van der Waals surface area contributed by atoms with Gasteiger partial charge in [0.25, 0.3) is 0 Å². The molecular formula is C24H23NO3S2. The van der Waals surface area contributed by atoms with E-state index in [2.05, 4.69) is 31.0 Å². The summed E-state index contributed by atoms with van der Waals surface area (Å²) in [6, 6.07) is 12.9. The van der Waals surface area contributed by atoms with Crippen LogP contribution in [0.2, 0.25) is 0 Å². The van der Waals surface area contributed by atoms with E-state index < -0.39 is 5.97 Å².